The first-order valence-corrected chi connectivity index (χ1v) is 10.9. The van der Waals surface area contributed by atoms with Crippen LogP contribution >= 0.6 is 11.3 Å². The lowest BCUT2D eigenvalue weighted by molar-refractivity contribution is -0.129. The molecule has 0 radical (unpaired) electrons. The van der Waals surface area contributed by atoms with Gasteiger partial charge in [-0.3, -0.25) is 14.1 Å². The number of carbonyl (C=O) groups is 1. The van der Waals surface area contributed by atoms with Gasteiger partial charge in [0.25, 0.3) is 0 Å². The molecule has 27 heavy (non-hydrogen) atoms. The van der Waals surface area contributed by atoms with E-state index in [4.69, 9.17) is 4.55 Å². The summed E-state index contributed by atoms with van der Waals surface area (Å²) in [6.07, 6.45) is 1.34. The Morgan fingerprint density at radius 2 is 1.89 bits per heavy atom. The molecule has 0 aliphatic carbocycles. The molecule has 0 spiro atoms. The molecule has 3 N–H and O–H groups in total. The van der Waals surface area contributed by atoms with Gasteiger partial charge in [0.05, 0.1) is 17.4 Å². The number of anilines is 1. The summed E-state index contributed by atoms with van der Waals surface area (Å²) in [7, 11) is -4.30. The number of nitrogens with one attached hydrogen (secondary N) is 2. The number of carbonyl (C=O) groups excluding carboxylic acids is 1. The van der Waals surface area contributed by atoms with Gasteiger partial charge in [-0.15, -0.1) is 11.3 Å². The Labute approximate surface area is 164 Å². The van der Waals surface area contributed by atoms with Gasteiger partial charge in [0, 0.05) is 10.8 Å². The van der Waals surface area contributed by atoms with E-state index in [-0.39, 0.29) is 17.6 Å². The molecule has 2 aromatic rings. The summed E-state index contributed by atoms with van der Waals surface area (Å²) in [6, 6.07) is 6.34. The van der Waals surface area contributed by atoms with E-state index in [1.165, 1.54) is 11.3 Å². The van der Waals surface area contributed by atoms with Crippen LogP contribution in [0.1, 0.15) is 50.0 Å². The smallest absolute Gasteiger partial charge is 0.346 e. The summed E-state index contributed by atoms with van der Waals surface area (Å²) in [4.78, 5) is 17.1. The minimum absolute atomic E-state index is 0.0644. The van der Waals surface area contributed by atoms with Crippen LogP contribution in [0.2, 0.25) is 0 Å². The van der Waals surface area contributed by atoms with Crippen molar-refractivity contribution in [2.75, 3.05) is 4.72 Å². The van der Waals surface area contributed by atoms with Gasteiger partial charge in [-0.2, -0.15) is 8.42 Å². The molecule has 1 aromatic carbocycles. The zero-order chi connectivity index (χ0) is 20.2. The Kier molecular flexibility index (Phi) is 6.61. The van der Waals surface area contributed by atoms with Gasteiger partial charge in [0.15, 0.2) is 0 Å². The van der Waals surface area contributed by atoms with Crippen LogP contribution in [0, 0.1) is 5.41 Å². The number of amides is 1. The van der Waals surface area contributed by atoms with E-state index in [1.807, 2.05) is 37.8 Å². The lowest BCUT2D eigenvalue weighted by Crippen LogP contribution is -2.38. The van der Waals surface area contributed by atoms with Crippen LogP contribution in [0.4, 0.5) is 5.69 Å². The monoisotopic (exact) mass is 411 g/mol. The van der Waals surface area contributed by atoms with Crippen molar-refractivity contribution in [1.82, 2.24) is 10.3 Å². The highest BCUT2D eigenvalue weighted by atomic mass is 32.2. The Bertz CT molecular complexity index is 884. The highest BCUT2D eigenvalue weighted by Gasteiger charge is 2.26. The standard InChI is InChI=1S/C18H25N3O4S2/c1-5-13-11-26-16(19-13)15(20-17(22)18(2,3)4)10-12-6-8-14(9-7-12)21-27(23,24)25/h6-9,11,15,21H,5,10H2,1-4H3,(H,20,22)(H,23,24,25). The van der Waals surface area contributed by atoms with Crippen molar-refractivity contribution >= 4 is 33.2 Å². The summed E-state index contributed by atoms with van der Waals surface area (Å²) < 4.78 is 32.6. The molecule has 1 heterocycles. The molecule has 1 atom stereocenters. The lowest BCUT2D eigenvalue weighted by Gasteiger charge is -2.23. The first-order chi connectivity index (χ1) is 12.5. The summed E-state index contributed by atoms with van der Waals surface area (Å²) in [5.74, 6) is -0.0644. The average molecular weight is 412 g/mol. The quantitative estimate of drug-likeness (QED) is 0.605. The topological polar surface area (TPSA) is 108 Å². The van der Waals surface area contributed by atoms with Crippen LogP contribution in [-0.2, 0) is 27.9 Å². The van der Waals surface area contributed by atoms with Gasteiger partial charge in [0.1, 0.15) is 5.01 Å². The zero-order valence-electron chi connectivity index (χ0n) is 15.8. The molecule has 0 saturated heterocycles. The maximum absolute atomic E-state index is 12.5. The number of benzene rings is 1. The zero-order valence-corrected chi connectivity index (χ0v) is 17.4. The van der Waals surface area contributed by atoms with E-state index in [2.05, 4.69) is 10.3 Å². The van der Waals surface area contributed by atoms with Crippen LogP contribution in [0.25, 0.3) is 0 Å². The molecule has 0 aliphatic rings. The number of hydrogen-bond acceptors (Lipinski definition) is 5. The summed E-state index contributed by atoms with van der Waals surface area (Å²) in [6.45, 7) is 7.60. The summed E-state index contributed by atoms with van der Waals surface area (Å²) >= 11 is 1.51. The van der Waals surface area contributed by atoms with Crippen molar-refractivity contribution in [3.05, 3.63) is 45.9 Å². The van der Waals surface area contributed by atoms with Gasteiger partial charge >= 0.3 is 10.3 Å². The summed E-state index contributed by atoms with van der Waals surface area (Å²) in [5.41, 5.74) is 1.63. The molecule has 1 unspecified atom stereocenters. The van der Waals surface area contributed by atoms with Crippen molar-refractivity contribution in [2.24, 2.45) is 5.41 Å². The second-order valence-corrected chi connectivity index (χ2v) is 9.33. The molecule has 0 bridgehead atoms. The molecule has 9 heteroatoms. The lowest BCUT2D eigenvalue weighted by atomic mass is 9.94. The van der Waals surface area contributed by atoms with E-state index in [0.29, 0.717) is 6.42 Å². The fraction of sp³-hybridized carbons (Fsp3) is 0.444. The Hall–Kier alpha value is -1.97. The van der Waals surface area contributed by atoms with Crippen LogP contribution < -0.4 is 10.0 Å². The van der Waals surface area contributed by atoms with E-state index < -0.39 is 15.7 Å². The number of rotatable bonds is 7. The third-order valence-electron chi connectivity index (χ3n) is 3.86. The highest BCUT2D eigenvalue weighted by molar-refractivity contribution is 7.87. The van der Waals surface area contributed by atoms with Gasteiger partial charge in [0.2, 0.25) is 5.91 Å². The fourth-order valence-corrected chi connectivity index (χ4v) is 3.70. The number of aryl methyl sites for hydroxylation is 1. The Balaban J connectivity index is 2.21. The van der Waals surface area contributed by atoms with Gasteiger partial charge in [-0.05, 0) is 30.5 Å². The largest absolute Gasteiger partial charge is 0.357 e. The SMILES string of the molecule is CCc1csc(C(Cc2ccc(NS(=O)(=O)O)cc2)NC(=O)C(C)(C)C)n1. The van der Waals surface area contributed by atoms with Crippen LogP contribution in [-0.4, -0.2) is 23.9 Å². The Morgan fingerprint density at radius 1 is 1.26 bits per heavy atom. The first kappa shape index (κ1) is 21.3. The molecule has 1 amide bonds. The minimum atomic E-state index is -4.30. The average Bonchev–Trinajstić information content (AvgIpc) is 3.02. The predicted molar refractivity (Wildman–Crippen MR) is 107 cm³/mol. The number of aromatic nitrogens is 1. The normalized spacial score (nSPS) is 13.2. The molecular weight excluding hydrogens is 386 g/mol. The van der Waals surface area contributed by atoms with Crippen molar-refractivity contribution < 1.29 is 17.8 Å². The van der Waals surface area contributed by atoms with Crippen molar-refractivity contribution in [1.29, 1.82) is 0 Å². The molecule has 0 saturated carbocycles. The van der Waals surface area contributed by atoms with Gasteiger partial charge < -0.3 is 5.32 Å². The van der Waals surface area contributed by atoms with E-state index in [1.54, 1.807) is 24.3 Å². The summed E-state index contributed by atoms with van der Waals surface area (Å²) in [5, 5.41) is 5.90. The van der Waals surface area contributed by atoms with E-state index >= 15 is 0 Å². The molecule has 7 nitrogen and oxygen atoms in total. The number of nitrogens with zero attached hydrogens (tertiary/aromatic N) is 1. The predicted octanol–water partition coefficient (Wildman–Crippen LogP) is 3.37. The number of thiazole rings is 1. The van der Waals surface area contributed by atoms with Gasteiger partial charge in [-0.1, -0.05) is 39.8 Å². The second-order valence-electron chi connectivity index (χ2n) is 7.28. The highest BCUT2D eigenvalue weighted by Crippen LogP contribution is 2.25. The third kappa shape index (κ3) is 6.60. The Morgan fingerprint density at radius 3 is 2.37 bits per heavy atom. The third-order valence-corrected chi connectivity index (χ3v) is 5.36. The van der Waals surface area contributed by atoms with E-state index in [0.717, 1.165) is 22.7 Å². The minimum Gasteiger partial charge on any atom is -0.346 e. The maximum Gasteiger partial charge on any atom is 0.357 e. The van der Waals surface area contributed by atoms with Crippen LogP contribution in [0.3, 0.4) is 0 Å². The van der Waals surface area contributed by atoms with Crippen LogP contribution in [0.15, 0.2) is 29.6 Å². The fourth-order valence-electron chi connectivity index (χ4n) is 2.31. The molecule has 148 valence electrons. The number of hydrogen-bond donors (Lipinski definition) is 3. The molecule has 0 fully saturated rings. The molecule has 0 aliphatic heterocycles. The van der Waals surface area contributed by atoms with Crippen molar-refractivity contribution in [3.8, 4) is 0 Å². The van der Waals surface area contributed by atoms with Crippen molar-refractivity contribution in [3.63, 3.8) is 0 Å². The van der Waals surface area contributed by atoms with E-state index in [9.17, 15) is 13.2 Å². The molecular formula is C18H25N3O4S2. The first-order valence-electron chi connectivity index (χ1n) is 8.57. The van der Waals surface area contributed by atoms with Gasteiger partial charge in [-0.25, -0.2) is 4.98 Å². The molecule has 2 rings (SSSR count). The van der Waals surface area contributed by atoms with Crippen molar-refractivity contribution in [2.45, 2.75) is 46.6 Å². The van der Waals surface area contributed by atoms with Crippen LogP contribution in [0.5, 0.6) is 0 Å². The second kappa shape index (κ2) is 8.37. The molecule has 1 aromatic heterocycles. The maximum atomic E-state index is 12.5.